The lowest BCUT2D eigenvalue weighted by Crippen LogP contribution is -2.46. The van der Waals surface area contributed by atoms with Crippen LogP contribution in [0.4, 0.5) is 13.2 Å². The maximum Gasteiger partial charge on any atom is 0.573 e. The molecule has 1 amide bonds. The summed E-state index contributed by atoms with van der Waals surface area (Å²) in [7, 11) is 0. The van der Waals surface area contributed by atoms with Gasteiger partial charge < -0.3 is 15.4 Å². The SMILES string of the molecule is Cl.O=C(NC1CCCNC1)C1CC1c1ccccc1OC(F)(F)F. The fourth-order valence-corrected chi connectivity index (χ4v) is 3.12. The van der Waals surface area contributed by atoms with Crippen molar-refractivity contribution in [1.82, 2.24) is 10.6 Å². The quantitative estimate of drug-likeness (QED) is 0.863. The van der Waals surface area contributed by atoms with E-state index in [-0.39, 0.29) is 41.9 Å². The highest BCUT2D eigenvalue weighted by molar-refractivity contribution is 5.85. The molecule has 3 rings (SSSR count). The van der Waals surface area contributed by atoms with Crippen molar-refractivity contribution in [2.45, 2.75) is 37.6 Å². The zero-order valence-electron chi connectivity index (χ0n) is 12.9. The molecule has 1 aliphatic heterocycles. The van der Waals surface area contributed by atoms with Gasteiger partial charge in [0.1, 0.15) is 5.75 Å². The van der Waals surface area contributed by atoms with Crippen molar-refractivity contribution >= 4 is 18.3 Å². The average Bonchev–Trinajstić information content (AvgIpc) is 3.28. The second-order valence-corrected chi connectivity index (χ2v) is 6.09. The fraction of sp³-hybridized carbons (Fsp3) is 0.562. The molecule has 1 aromatic rings. The first-order valence-corrected chi connectivity index (χ1v) is 7.80. The van der Waals surface area contributed by atoms with E-state index < -0.39 is 6.36 Å². The molecule has 134 valence electrons. The van der Waals surface area contributed by atoms with Gasteiger partial charge in [0.05, 0.1) is 0 Å². The number of nitrogens with one attached hydrogen (secondary N) is 2. The molecule has 4 nitrogen and oxygen atoms in total. The molecule has 2 fully saturated rings. The lowest BCUT2D eigenvalue weighted by atomic mass is 10.1. The summed E-state index contributed by atoms with van der Waals surface area (Å²) in [5.74, 6) is -0.759. The summed E-state index contributed by atoms with van der Waals surface area (Å²) in [6, 6.07) is 6.16. The molecule has 1 heterocycles. The summed E-state index contributed by atoms with van der Waals surface area (Å²) in [4.78, 5) is 12.3. The topological polar surface area (TPSA) is 50.4 Å². The van der Waals surface area contributed by atoms with Crippen LogP contribution in [0.2, 0.25) is 0 Å². The molecule has 8 heteroatoms. The summed E-state index contributed by atoms with van der Waals surface area (Å²) < 4.78 is 41.5. The highest BCUT2D eigenvalue weighted by Gasteiger charge is 2.46. The molecule has 3 atom stereocenters. The van der Waals surface area contributed by atoms with Gasteiger partial charge in [0.25, 0.3) is 0 Å². The summed E-state index contributed by atoms with van der Waals surface area (Å²) >= 11 is 0. The van der Waals surface area contributed by atoms with E-state index in [1.807, 2.05) is 0 Å². The first kappa shape index (κ1) is 18.9. The van der Waals surface area contributed by atoms with Gasteiger partial charge in [-0.15, -0.1) is 25.6 Å². The van der Waals surface area contributed by atoms with E-state index in [0.717, 1.165) is 25.9 Å². The first-order chi connectivity index (χ1) is 10.9. The highest BCUT2D eigenvalue weighted by atomic mass is 35.5. The molecule has 2 N–H and O–H groups in total. The van der Waals surface area contributed by atoms with E-state index in [2.05, 4.69) is 15.4 Å². The van der Waals surface area contributed by atoms with E-state index in [4.69, 9.17) is 0 Å². The molecule has 2 aliphatic rings. The van der Waals surface area contributed by atoms with Crippen molar-refractivity contribution in [3.63, 3.8) is 0 Å². The second-order valence-electron chi connectivity index (χ2n) is 6.09. The number of benzene rings is 1. The first-order valence-electron chi connectivity index (χ1n) is 7.80. The van der Waals surface area contributed by atoms with Gasteiger partial charge in [0, 0.05) is 18.5 Å². The lowest BCUT2D eigenvalue weighted by Gasteiger charge is -2.23. The Morgan fingerprint density at radius 3 is 2.71 bits per heavy atom. The summed E-state index contributed by atoms with van der Waals surface area (Å²) in [6.45, 7) is 1.71. The minimum Gasteiger partial charge on any atom is -0.405 e. The number of para-hydroxylation sites is 1. The predicted octanol–water partition coefficient (Wildman–Crippen LogP) is 2.98. The van der Waals surface area contributed by atoms with Crippen LogP contribution in [-0.2, 0) is 4.79 Å². The number of piperidine rings is 1. The third-order valence-electron chi connectivity index (χ3n) is 4.31. The Morgan fingerprint density at radius 1 is 1.29 bits per heavy atom. The monoisotopic (exact) mass is 364 g/mol. The van der Waals surface area contributed by atoms with Gasteiger partial charge >= 0.3 is 6.36 Å². The fourth-order valence-electron chi connectivity index (χ4n) is 3.12. The molecular weight excluding hydrogens is 345 g/mol. The average molecular weight is 365 g/mol. The van der Waals surface area contributed by atoms with Crippen LogP contribution in [0, 0.1) is 5.92 Å². The van der Waals surface area contributed by atoms with Gasteiger partial charge in [-0.2, -0.15) is 0 Å². The van der Waals surface area contributed by atoms with Crippen LogP contribution in [0.25, 0.3) is 0 Å². The molecule has 0 spiro atoms. The van der Waals surface area contributed by atoms with Crippen LogP contribution in [0.1, 0.15) is 30.7 Å². The summed E-state index contributed by atoms with van der Waals surface area (Å²) in [5.41, 5.74) is 0.451. The minimum absolute atomic E-state index is 0. The number of ether oxygens (including phenoxy) is 1. The van der Waals surface area contributed by atoms with E-state index >= 15 is 0 Å². The number of hydrogen-bond donors (Lipinski definition) is 2. The Kier molecular flexibility index (Phi) is 5.98. The van der Waals surface area contributed by atoms with Crippen LogP contribution < -0.4 is 15.4 Å². The zero-order valence-corrected chi connectivity index (χ0v) is 13.8. The van der Waals surface area contributed by atoms with Crippen molar-refractivity contribution in [3.05, 3.63) is 29.8 Å². The molecular formula is C16H20ClF3N2O2. The summed E-state index contributed by atoms with van der Waals surface area (Å²) in [6.07, 6.45) is -2.22. The molecule has 3 unspecified atom stereocenters. The number of hydrogen-bond acceptors (Lipinski definition) is 3. The third-order valence-corrected chi connectivity index (χ3v) is 4.31. The minimum atomic E-state index is -4.73. The van der Waals surface area contributed by atoms with Crippen LogP contribution in [-0.4, -0.2) is 31.4 Å². The molecule has 0 radical (unpaired) electrons. The van der Waals surface area contributed by atoms with E-state index in [0.29, 0.717) is 12.0 Å². The van der Waals surface area contributed by atoms with Crippen molar-refractivity contribution < 1.29 is 22.7 Å². The second kappa shape index (κ2) is 7.61. The molecule has 1 aliphatic carbocycles. The Morgan fingerprint density at radius 2 is 2.04 bits per heavy atom. The normalized spacial score (nSPS) is 26.2. The Balaban J connectivity index is 0.00000208. The van der Waals surface area contributed by atoms with Gasteiger partial charge in [-0.05, 0) is 43.4 Å². The lowest BCUT2D eigenvalue weighted by molar-refractivity contribution is -0.274. The maximum atomic E-state index is 12.5. The van der Waals surface area contributed by atoms with E-state index in [9.17, 15) is 18.0 Å². The molecule has 0 aromatic heterocycles. The number of alkyl halides is 3. The van der Waals surface area contributed by atoms with Gasteiger partial charge in [0.2, 0.25) is 5.91 Å². The van der Waals surface area contributed by atoms with Crippen molar-refractivity contribution in [1.29, 1.82) is 0 Å². The number of halogens is 4. The maximum absolute atomic E-state index is 12.5. The molecule has 1 saturated carbocycles. The van der Waals surface area contributed by atoms with Gasteiger partial charge in [-0.3, -0.25) is 4.79 Å². The predicted molar refractivity (Wildman–Crippen MR) is 85.3 cm³/mol. The van der Waals surface area contributed by atoms with Crippen molar-refractivity contribution in [3.8, 4) is 5.75 Å². The molecule has 0 bridgehead atoms. The van der Waals surface area contributed by atoms with Crippen LogP contribution in [0.3, 0.4) is 0 Å². The van der Waals surface area contributed by atoms with Crippen molar-refractivity contribution in [2.24, 2.45) is 5.92 Å². The van der Waals surface area contributed by atoms with Crippen LogP contribution in [0.15, 0.2) is 24.3 Å². The number of rotatable bonds is 4. The summed E-state index contributed by atoms with van der Waals surface area (Å²) in [5, 5.41) is 6.20. The smallest absolute Gasteiger partial charge is 0.405 e. The molecule has 1 saturated heterocycles. The van der Waals surface area contributed by atoms with Gasteiger partial charge in [0.15, 0.2) is 0 Å². The zero-order chi connectivity index (χ0) is 16.4. The number of carbonyl (C=O) groups is 1. The standard InChI is InChI=1S/C16H19F3N2O2.ClH/c17-16(18,19)23-14-6-2-1-5-11(14)12-8-13(12)15(22)21-10-4-3-7-20-9-10;/h1-2,5-6,10,12-13,20H,3-4,7-9H2,(H,21,22);1H. The Hall–Kier alpha value is -1.47. The Labute approximate surface area is 144 Å². The van der Waals surface area contributed by atoms with E-state index in [1.165, 1.54) is 12.1 Å². The van der Waals surface area contributed by atoms with E-state index in [1.54, 1.807) is 12.1 Å². The van der Waals surface area contributed by atoms with Crippen LogP contribution >= 0.6 is 12.4 Å². The largest absolute Gasteiger partial charge is 0.573 e. The third kappa shape index (κ3) is 4.77. The van der Waals surface area contributed by atoms with Gasteiger partial charge in [-0.25, -0.2) is 0 Å². The number of carbonyl (C=O) groups excluding carboxylic acids is 1. The van der Waals surface area contributed by atoms with Crippen molar-refractivity contribution in [2.75, 3.05) is 13.1 Å². The number of amides is 1. The Bertz CT molecular complexity index is 577. The molecule has 1 aromatic carbocycles. The van der Waals surface area contributed by atoms with Gasteiger partial charge in [-0.1, -0.05) is 18.2 Å². The highest BCUT2D eigenvalue weighted by Crippen LogP contribution is 2.51. The van der Waals surface area contributed by atoms with Crippen LogP contribution in [0.5, 0.6) is 5.75 Å². The molecule has 24 heavy (non-hydrogen) atoms.